The molecule has 1 aromatic heterocycles. The SMILES string of the molecule is COCCOC(=O)N1CCC(C(=O)NC(c2ccccc2)c2ccsc2)CC1. The van der Waals surface area contributed by atoms with Crippen molar-refractivity contribution in [2.24, 2.45) is 5.92 Å². The van der Waals surface area contributed by atoms with Gasteiger partial charge in [-0.25, -0.2) is 4.79 Å². The molecule has 6 nitrogen and oxygen atoms in total. The minimum absolute atomic E-state index is 0.0347. The lowest BCUT2D eigenvalue weighted by Gasteiger charge is -2.31. The van der Waals surface area contributed by atoms with Gasteiger partial charge in [-0.1, -0.05) is 30.3 Å². The molecule has 2 amide bonds. The maximum Gasteiger partial charge on any atom is 0.409 e. The largest absolute Gasteiger partial charge is 0.447 e. The molecule has 0 spiro atoms. The summed E-state index contributed by atoms with van der Waals surface area (Å²) in [5, 5.41) is 7.29. The molecular formula is C21H26N2O4S. The van der Waals surface area contributed by atoms with E-state index >= 15 is 0 Å². The second-order valence-corrected chi connectivity index (χ2v) is 7.56. The van der Waals surface area contributed by atoms with Crippen molar-refractivity contribution in [2.45, 2.75) is 18.9 Å². The molecule has 1 saturated heterocycles. The molecule has 0 aliphatic carbocycles. The van der Waals surface area contributed by atoms with E-state index in [1.165, 1.54) is 0 Å². The lowest BCUT2D eigenvalue weighted by Crippen LogP contribution is -2.44. The van der Waals surface area contributed by atoms with Crippen molar-refractivity contribution in [1.82, 2.24) is 10.2 Å². The first-order valence-electron chi connectivity index (χ1n) is 9.47. The fourth-order valence-corrected chi connectivity index (χ4v) is 4.02. The van der Waals surface area contributed by atoms with E-state index in [0.717, 1.165) is 11.1 Å². The van der Waals surface area contributed by atoms with Gasteiger partial charge in [0.05, 0.1) is 12.6 Å². The predicted molar refractivity (Wildman–Crippen MR) is 108 cm³/mol. The van der Waals surface area contributed by atoms with Crippen molar-refractivity contribution in [2.75, 3.05) is 33.4 Å². The van der Waals surface area contributed by atoms with Crippen LogP contribution in [0.3, 0.4) is 0 Å². The summed E-state index contributed by atoms with van der Waals surface area (Å²) in [5.74, 6) is -0.0691. The number of likely N-dealkylation sites (tertiary alicyclic amines) is 1. The van der Waals surface area contributed by atoms with Crippen LogP contribution in [0.15, 0.2) is 47.2 Å². The fraction of sp³-hybridized carbons (Fsp3) is 0.429. The molecule has 3 rings (SSSR count). The summed E-state index contributed by atoms with van der Waals surface area (Å²) in [5.41, 5.74) is 2.15. The smallest absolute Gasteiger partial charge is 0.409 e. The number of rotatable bonds is 7. The molecule has 1 aliphatic rings. The van der Waals surface area contributed by atoms with Crippen LogP contribution in [-0.4, -0.2) is 50.3 Å². The Morgan fingerprint density at radius 3 is 2.54 bits per heavy atom. The van der Waals surface area contributed by atoms with Crippen molar-refractivity contribution in [3.05, 3.63) is 58.3 Å². The number of nitrogens with one attached hydrogen (secondary N) is 1. The van der Waals surface area contributed by atoms with Crippen LogP contribution in [0.1, 0.15) is 30.0 Å². The van der Waals surface area contributed by atoms with Gasteiger partial charge in [0.2, 0.25) is 5.91 Å². The summed E-state index contributed by atoms with van der Waals surface area (Å²) in [6, 6.07) is 11.9. The highest BCUT2D eigenvalue weighted by atomic mass is 32.1. The molecule has 0 saturated carbocycles. The molecule has 28 heavy (non-hydrogen) atoms. The number of benzene rings is 1. The van der Waals surface area contributed by atoms with E-state index in [-0.39, 0.29) is 30.6 Å². The highest BCUT2D eigenvalue weighted by Gasteiger charge is 2.29. The monoisotopic (exact) mass is 402 g/mol. The third-order valence-electron chi connectivity index (χ3n) is 4.93. The van der Waals surface area contributed by atoms with E-state index < -0.39 is 0 Å². The Kier molecular flexibility index (Phi) is 7.45. The summed E-state index contributed by atoms with van der Waals surface area (Å²) in [6.45, 7) is 1.68. The highest BCUT2D eigenvalue weighted by Crippen LogP contribution is 2.26. The second-order valence-electron chi connectivity index (χ2n) is 6.78. The number of thiophene rings is 1. The quantitative estimate of drug-likeness (QED) is 0.721. The number of carbonyl (C=O) groups excluding carboxylic acids is 2. The van der Waals surface area contributed by atoms with Gasteiger partial charge in [0.1, 0.15) is 6.61 Å². The minimum atomic E-state index is -0.337. The van der Waals surface area contributed by atoms with Crippen LogP contribution in [-0.2, 0) is 14.3 Å². The van der Waals surface area contributed by atoms with Crippen LogP contribution in [0.5, 0.6) is 0 Å². The lowest BCUT2D eigenvalue weighted by molar-refractivity contribution is -0.126. The zero-order chi connectivity index (χ0) is 19.8. The van der Waals surface area contributed by atoms with Crippen LogP contribution >= 0.6 is 11.3 Å². The van der Waals surface area contributed by atoms with Crippen LogP contribution in [0.2, 0.25) is 0 Å². The van der Waals surface area contributed by atoms with Crippen molar-refractivity contribution >= 4 is 23.3 Å². The van der Waals surface area contributed by atoms with E-state index in [9.17, 15) is 9.59 Å². The van der Waals surface area contributed by atoms with E-state index in [0.29, 0.717) is 32.5 Å². The molecule has 1 atom stereocenters. The molecule has 0 radical (unpaired) electrons. The summed E-state index contributed by atoms with van der Waals surface area (Å²) in [4.78, 5) is 26.6. The van der Waals surface area contributed by atoms with Crippen molar-refractivity contribution in [3.63, 3.8) is 0 Å². The number of hydrogen-bond acceptors (Lipinski definition) is 5. The van der Waals surface area contributed by atoms with Crippen LogP contribution in [0, 0.1) is 5.92 Å². The predicted octanol–water partition coefficient (Wildman–Crippen LogP) is 3.45. The van der Waals surface area contributed by atoms with Crippen LogP contribution in [0.4, 0.5) is 4.79 Å². The van der Waals surface area contributed by atoms with Gasteiger partial charge >= 0.3 is 6.09 Å². The lowest BCUT2D eigenvalue weighted by atomic mass is 9.94. The molecule has 0 bridgehead atoms. The minimum Gasteiger partial charge on any atom is -0.447 e. The fourth-order valence-electron chi connectivity index (χ4n) is 3.33. The topological polar surface area (TPSA) is 67.9 Å². The number of nitrogens with zero attached hydrogens (tertiary/aromatic N) is 1. The standard InChI is InChI=1S/C21H26N2O4S/c1-26-12-13-27-21(25)23-10-7-17(8-11-23)20(24)22-19(18-9-14-28-15-18)16-5-3-2-4-6-16/h2-6,9,14-15,17,19H,7-8,10-13H2,1H3,(H,22,24). The molecule has 1 aliphatic heterocycles. The van der Waals surface area contributed by atoms with Gasteiger partial charge in [-0.2, -0.15) is 11.3 Å². The van der Waals surface area contributed by atoms with Gasteiger partial charge in [0, 0.05) is 26.1 Å². The summed E-state index contributed by atoms with van der Waals surface area (Å²) >= 11 is 1.62. The Labute approximate surface area is 169 Å². The molecule has 150 valence electrons. The highest BCUT2D eigenvalue weighted by molar-refractivity contribution is 7.08. The molecule has 2 aromatic rings. The Hall–Kier alpha value is -2.38. The summed E-state index contributed by atoms with van der Waals surface area (Å²) < 4.78 is 10.0. The number of piperidine rings is 1. The molecular weight excluding hydrogens is 376 g/mol. The van der Waals surface area contributed by atoms with Gasteiger partial charge in [-0.05, 0) is 40.8 Å². The Balaban J connectivity index is 1.56. The van der Waals surface area contributed by atoms with Crippen molar-refractivity contribution in [1.29, 1.82) is 0 Å². The zero-order valence-electron chi connectivity index (χ0n) is 16.0. The Bertz CT molecular complexity index is 743. The number of amides is 2. The van der Waals surface area contributed by atoms with Gasteiger partial charge in [-0.15, -0.1) is 0 Å². The third-order valence-corrected chi connectivity index (χ3v) is 5.63. The van der Waals surface area contributed by atoms with E-state index in [1.54, 1.807) is 23.3 Å². The molecule has 7 heteroatoms. The normalized spacial score (nSPS) is 15.8. The molecule has 1 N–H and O–H groups in total. The summed E-state index contributed by atoms with van der Waals surface area (Å²) in [6.07, 6.45) is 0.934. The number of hydrogen-bond donors (Lipinski definition) is 1. The van der Waals surface area contributed by atoms with Crippen LogP contribution < -0.4 is 5.32 Å². The first-order chi connectivity index (χ1) is 13.7. The van der Waals surface area contributed by atoms with Crippen molar-refractivity contribution < 1.29 is 19.1 Å². The van der Waals surface area contributed by atoms with Gasteiger partial charge in [0.15, 0.2) is 0 Å². The maximum atomic E-state index is 12.9. The van der Waals surface area contributed by atoms with E-state index in [4.69, 9.17) is 9.47 Å². The van der Waals surface area contributed by atoms with Gasteiger partial charge in [0.25, 0.3) is 0 Å². The number of methoxy groups -OCH3 is 1. The first-order valence-corrected chi connectivity index (χ1v) is 10.4. The second kappa shape index (κ2) is 10.2. The molecule has 1 unspecified atom stereocenters. The third kappa shape index (κ3) is 5.33. The molecule has 1 fully saturated rings. The Morgan fingerprint density at radius 2 is 1.89 bits per heavy atom. The average molecular weight is 403 g/mol. The van der Waals surface area contributed by atoms with Gasteiger partial charge in [-0.3, -0.25) is 4.79 Å². The van der Waals surface area contributed by atoms with E-state index in [1.807, 2.05) is 41.8 Å². The number of ether oxygens (including phenoxy) is 2. The average Bonchev–Trinajstić information content (AvgIpc) is 3.27. The molecule has 1 aromatic carbocycles. The molecule has 2 heterocycles. The first kappa shape index (κ1) is 20.4. The van der Waals surface area contributed by atoms with Crippen molar-refractivity contribution in [3.8, 4) is 0 Å². The van der Waals surface area contributed by atoms with E-state index in [2.05, 4.69) is 10.7 Å². The Morgan fingerprint density at radius 1 is 1.14 bits per heavy atom. The number of carbonyl (C=O) groups is 2. The van der Waals surface area contributed by atoms with Gasteiger partial charge < -0.3 is 19.7 Å². The summed E-state index contributed by atoms with van der Waals surface area (Å²) in [7, 11) is 1.57. The maximum absolute atomic E-state index is 12.9. The van der Waals surface area contributed by atoms with Crippen LogP contribution in [0.25, 0.3) is 0 Å². The zero-order valence-corrected chi connectivity index (χ0v) is 16.8.